The molecule has 2 rings (SSSR count). The SMILES string of the molecule is CC(C)(C)c1noc2nnccc12. The van der Waals surface area contributed by atoms with E-state index in [9.17, 15) is 0 Å². The van der Waals surface area contributed by atoms with Crippen molar-refractivity contribution in [3.05, 3.63) is 18.0 Å². The zero-order chi connectivity index (χ0) is 9.47. The number of nitrogens with zero attached hydrogens (tertiary/aromatic N) is 3. The lowest BCUT2D eigenvalue weighted by Crippen LogP contribution is -2.11. The van der Waals surface area contributed by atoms with E-state index in [1.807, 2.05) is 6.07 Å². The van der Waals surface area contributed by atoms with Gasteiger partial charge in [-0.1, -0.05) is 25.9 Å². The van der Waals surface area contributed by atoms with Gasteiger partial charge in [0, 0.05) is 5.41 Å². The molecule has 0 aliphatic rings. The molecule has 13 heavy (non-hydrogen) atoms. The smallest absolute Gasteiger partial charge is 0.276 e. The van der Waals surface area contributed by atoms with Crippen molar-refractivity contribution in [2.75, 3.05) is 0 Å². The first-order valence-corrected chi connectivity index (χ1v) is 4.16. The topological polar surface area (TPSA) is 51.8 Å². The van der Waals surface area contributed by atoms with Crippen LogP contribution in [0.4, 0.5) is 0 Å². The number of fused-ring (bicyclic) bond motifs is 1. The van der Waals surface area contributed by atoms with Gasteiger partial charge in [0.1, 0.15) is 0 Å². The zero-order valence-corrected chi connectivity index (χ0v) is 7.90. The van der Waals surface area contributed by atoms with Crippen LogP contribution in [0.5, 0.6) is 0 Å². The van der Waals surface area contributed by atoms with Crippen LogP contribution in [0.15, 0.2) is 16.8 Å². The highest BCUT2D eigenvalue weighted by Gasteiger charge is 2.22. The van der Waals surface area contributed by atoms with Gasteiger partial charge in [-0.25, -0.2) is 0 Å². The predicted molar refractivity (Wildman–Crippen MR) is 48.3 cm³/mol. The fraction of sp³-hybridized carbons (Fsp3) is 0.444. The Morgan fingerprint density at radius 2 is 2.08 bits per heavy atom. The Morgan fingerprint density at radius 3 is 2.77 bits per heavy atom. The third kappa shape index (κ3) is 1.28. The lowest BCUT2D eigenvalue weighted by molar-refractivity contribution is 0.412. The molecular weight excluding hydrogens is 166 g/mol. The van der Waals surface area contributed by atoms with Gasteiger partial charge in [0.15, 0.2) is 0 Å². The van der Waals surface area contributed by atoms with E-state index in [2.05, 4.69) is 36.1 Å². The molecule has 0 atom stereocenters. The average molecular weight is 177 g/mol. The minimum Gasteiger partial charge on any atom is -0.334 e. The summed E-state index contributed by atoms with van der Waals surface area (Å²) in [7, 11) is 0. The van der Waals surface area contributed by atoms with E-state index >= 15 is 0 Å². The summed E-state index contributed by atoms with van der Waals surface area (Å²) in [5.74, 6) is 0. The highest BCUT2D eigenvalue weighted by Crippen LogP contribution is 2.27. The maximum Gasteiger partial charge on any atom is 0.276 e. The van der Waals surface area contributed by atoms with E-state index in [4.69, 9.17) is 4.52 Å². The molecule has 0 N–H and O–H groups in total. The first-order valence-electron chi connectivity index (χ1n) is 4.16. The molecule has 0 aliphatic carbocycles. The van der Waals surface area contributed by atoms with Crippen molar-refractivity contribution in [3.8, 4) is 0 Å². The lowest BCUT2D eigenvalue weighted by atomic mass is 9.90. The van der Waals surface area contributed by atoms with Crippen LogP contribution in [0.2, 0.25) is 0 Å². The standard InChI is InChI=1S/C9H11N3O/c1-9(2,3)7-6-4-5-10-11-8(6)13-12-7/h4-5H,1-3H3. The Bertz CT molecular complexity index is 428. The highest BCUT2D eigenvalue weighted by molar-refractivity contribution is 5.75. The van der Waals surface area contributed by atoms with Crippen LogP contribution in [0, 0.1) is 0 Å². The second kappa shape index (κ2) is 2.52. The summed E-state index contributed by atoms with van der Waals surface area (Å²) < 4.78 is 5.05. The van der Waals surface area contributed by atoms with E-state index in [1.165, 1.54) is 0 Å². The molecule has 0 saturated heterocycles. The number of aromatic nitrogens is 3. The fourth-order valence-corrected chi connectivity index (χ4v) is 1.25. The number of hydrogen-bond donors (Lipinski definition) is 0. The molecule has 0 aromatic carbocycles. The average Bonchev–Trinajstić information content (AvgIpc) is 2.45. The van der Waals surface area contributed by atoms with Crippen molar-refractivity contribution < 1.29 is 4.52 Å². The molecule has 2 heterocycles. The molecule has 0 aliphatic heterocycles. The van der Waals surface area contributed by atoms with Gasteiger partial charge in [-0.05, 0) is 6.07 Å². The predicted octanol–water partition coefficient (Wildman–Crippen LogP) is 1.92. The van der Waals surface area contributed by atoms with E-state index < -0.39 is 0 Å². The second-order valence-corrected chi connectivity index (χ2v) is 4.03. The summed E-state index contributed by atoms with van der Waals surface area (Å²) >= 11 is 0. The van der Waals surface area contributed by atoms with Crippen molar-refractivity contribution in [3.63, 3.8) is 0 Å². The van der Waals surface area contributed by atoms with E-state index in [0.717, 1.165) is 11.1 Å². The number of hydrogen-bond acceptors (Lipinski definition) is 4. The monoisotopic (exact) mass is 177 g/mol. The van der Waals surface area contributed by atoms with Gasteiger partial charge in [-0.15, -0.1) is 5.10 Å². The molecule has 0 fully saturated rings. The Labute approximate surface area is 75.9 Å². The van der Waals surface area contributed by atoms with E-state index in [0.29, 0.717) is 5.71 Å². The van der Waals surface area contributed by atoms with Crippen LogP contribution in [-0.2, 0) is 5.41 Å². The maximum absolute atomic E-state index is 5.05. The molecule has 0 saturated carbocycles. The normalized spacial score (nSPS) is 12.2. The Balaban J connectivity index is 2.72. The summed E-state index contributed by atoms with van der Waals surface area (Å²) in [5.41, 5.74) is 1.42. The highest BCUT2D eigenvalue weighted by atomic mass is 16.5. The quantitative estimate of drug-likeness (QED) is 0.616. The summed E-state index contributed by atoms with van der Waals surface area (Å²) in [5, 5.41) is 12.5. The zero-order valence-electron chi connectivity index (χ0n) is 7.90. The van der Waals surface area contributed by atoms with Crippen molar-refractivity contribution in [2.24, 2.45) is 0 Å². The molecule has 2 aromatic heterocycles. The van der Waals surface area contributed by atoms with Crippen LogP contribution in [0.3, 0.4) is 0 Å². The minimum absolute atomic E-state index is 0.0196. The summed E-state index contributed by atoms with van der Waals surface area (Å²) in [6.45, 7) is 6.26. The van der Waals surface area contributed by atoms with Gasteiger partial charge in [0.05, 0.1) is 17.3 Å². The Kier molecular flexibility index (Phi) is 1.58. The third-order valence-electron chi connectivity index (χ3n) is 1.88. The van der Waals surface area contributed by atoms with Gasteiger partial charge < -0.3 is 4.52 Å². The Morgan fingerprint density at radius 1 is 1.31 bits per heavy atom. The number of rotatable bonds is 0. The van der Waals surface area contributed by atoms with Crippen LogP contribution < -0.4 is 0 Å². The lowest BCUT2D eigenvalue weighted by Gasteiger charge is -2.13. The van der Waals surface area contributed by atoms with Crippen molar-refractivity contribution >= 4 is 11.1 Å². The summed E-state index contributed by atoms with van der Waals surface area (Å²) in [6.07, 6.45) is 1.65. The van der Waals surface area contributed by atoms with Gasteiger partial charge in [0.2, 0.25) is 0 Å². The van der Waals surface area contributed by atoms with Gasteiger partial charge >= 0.3 is 0 Å². The summed E-state index contributed by atoms with van der Waals surface area (Å²) in [6, 6.07) is 1.87. The van der Waals surface area contributed by atoms with Gasteiger partial charge in [-0.3, -0.25) is 0 Å². The molecule has 68 valence electrons. The fourth-order valence-electron chi connectivity index (χ4n) is 1.25. The van der Waals surface area contributed by atoms with Crippen LogP contribution in [0.25, 0.3) is 11.1 Å². The summed E-state index contributed by atoms with van der Waals surface area (Å²) in [4.78, 5) is 0. The molecule has 0 amide bonds. The van der Waals surface area contributed by atoms with Crippen molar-refractivity contribution in [1.82, 2.24) is 15.4 Å². The minimum atomic E-state index is -0.0196. The molecule has 0 unspecified atom stereocenters. The van der Waals surface area contributed by atoms with Gasteiger partial charge in [0.25, 0.3) is 5.71 Å². The van der Waals surface area contributed by atoms with Crippen molar-refractivity contribution in [1.29, 1.82) is 0 Å². The molecule has 2 aromatic rings. The molecule has 0 radical (unpaired) electrons. The largest absolute Gasteiger partial charge is 0.334 e. The maximum atomic E-state index is 5.05. The second-order valence-electron chi connectivity index (χ2n) is 4.03. The van der Waals surface area contributed by atoms with Crippen LogP contribution >= 0.6 is 0 Å². The van der Waals surface area contributed by atoms with Crippen LogP contribution in [-0.4, -0.2) is 15.4 Å². The van der Waals surface area contributed by atoms with Crippen molar-refractivity contribution in [2.45, 2.75) is 26.2 Å². The Hall–Kier alpha value is -1.45. The first-order chi connectivity index (χ1) is 6.09. The van der Waals surface area contributed by atoms with Crippen LogP contribution in [0.1, 0.15) is 26.5 Å². The molecule has 4 heteroatoms. The first kappa shape index (κ1) is 8.16. The third-order valence-corrected chi connectivity index (χ3v) is 1.88. The van der Waals surface area contributed by atoms with E-state index in [-0.39, 0.29) is 5.41 Å². The molecule has 0 bridgehead atoms. The molecular formula is C9H11N3O. The van der Waals surface area contributed by atoms with Gasteiger partial charge in [-0.2, -0.15) is 5.10 Å². The molecule has 0 spiro atoms. The molecule has 4 nitrogen and oxygen atoms in total. The van der Waals surface area contributed by atoms with E-state index in [1.54, 1.807) is 6.20 Å².